The molecule has 1 unspecified atom stereocenters. The van der Waals surface area contributed by atoms with Gasteiger partial charge in [0.05, 0.1) is 6.20 Å². The smallest absolute Gasteiger partial charge is 0.347 e. The Balaban J connectivity index is 2.48. The Morgan fingerprint density at radius 2 is 2.05 bits per heavy atom. The quantitative estimate of drug-likeness (QED) is 0.680. The van der Waals surface area contributed by atoms with Gasteiger partial charge in [0.25, 0.3) is 5.72 Å². The number of benzene rings is 1. The molecule has 2 rings (SSSR count). The van der Waals surface area contributed by atoms with Crippen LogP contribution in [-0.4, -0.2) is 12.3 Å². The van der Waals surface area contributed by atoms with E-state index in [0.29, 0.717) is 17.3 Å². The summed E-state index contributed by atoms with van der Waals surface area (Å²) in [6.45, 7) is -1.89. The molecule has 0 aromatic heterocycles. The monoisotopic (exact) mass is 289 g/mol. The number of alkyl halides is 4. The van der Waals surface area contributed by atoms with Crippen molar-refractivity contribution >= 4 is 5.69 Å². The fourth-order valence-corrected chi connectivity index (χ4v) is 1.80. The predicted molar refractivity (Wildman–Crippen MR) is 63.3 cm³/mol. The van der Waals surface area contributed by atoms with Gasteiger partial charge in [0, 0.05) is 11.3 Å². The summed E-state index contributed by atoms with van der Waals surface area (Å²) in [6.07, 6.45) is 1.59. The van der Waals surface area contributed by atoms with Crippen LogP contribution in [0.4, 0.5) is 23.2 Å². The first kappa shape index (κ1) is 14.4. The van der Waals surface area contributed by atoms with Crippen molar-refractivity contribution in [2.75, 3.05) is 5.73 Å². The maximum atomic E-state index is 14.5. The molecular formula is C12H11F4N3O. The Morgan fingerprint density at radius 1 is 1.35 bits per heavy atom. The molecule has 1 atom stereocenters. The van der Waals surface area contributed by atoms with E-state index in [1.807, 2.05) is 0 Å². The first-order valence-corrected chi connectivity index (χ1v) is 5.58. The molecule has 4 nitrogen and oxygen atoms in total. The van der Waals surface area contributed by atoms with Gasteiger partial charge in [-0.15, -0.1) is 5.11 Å². The Labute approximate surface area is 111 Å². The van der Waals surface area contributed by atoms with E-state index in [0.717, 1.165) is 18.3 Å². The number of nitrogens with two attached hydrogens (primary N) is 1. The minimum atomic E-state index is -3.82. The van der Waals surface area contributed by atoms with Crippen molar-refractivity contribution in [3.05, 3.63) is 41.6 Å². The molecule has 0 spiro atoms. The Kier molecular flexibility index (Phi) is 3.51. The number of hydrogen-bond acceptors (Lipinski definition) is 4. The summed E-state index contributed by atoms with van der Waals surface area (Å²) in [4.78, 5) is 0. The number of azo groups is 1. The number of nitrogens with zero attached hydrogens (tertiary/aromatic N) is 2. The SMILES string of the molecule is Cc1cc(C(F)(F)C2(OC(F)F)C=CN=N2)ccc1N. The van der Waals surface area contributed by atoms with Gasteiger partial charge in [0.15, 0.2) is 0 Å². The Hall–Kier alpha value is -1.96. The number of rotatable bonds is 4. The van der Waals surface area contributed by atoms with Gasteiger partial charge in [-0.25, -0.2) is 0 Å². The third-order valence-electron chi connectivity index (χ3n) is 2.92. The molecule has 1 aromatic carbocycles. The molecule has 1 aliphatic rings. The highest BCUT2D eigenvalue weighted by molar-refractivity contribution is 5.49. The van der Waals surface area contributed by atoms with Crippen molar-refractivity contribution in [2.45, 2.75) is 25.2 Å². The number of halogens is 4. The zero-order valence-electron chi connectivity index (χ0n) is 10.4. The van der Waals surface area contributed by atoms with Crippen LogP contribution in [-0.2, 0) is 10.7 Å². The maximum absolute atomic E-state index is 14.5. The minimum absolute atomic E-state index is 0.317. The van der Waals surface area contributed by atoms with Gasteiger partial charge in [0.1, 0.15) is 0 Å². The largest absolute Gasteiger partial charge is 0.399 e. The second-order valence-corrected chi connectivity index (χ2v) is 4.25. The predicted octanol–water partition coefficient (Wildman–Crippen LogP) is 3.58. The molecule has 0 saturated carbocycles. The van der Waals surface area contributed by atoms with Crippen LogP contribution in [0.25, 0.3) is 0 Å². The van der Waals surface area contributed by atoms with E-state index < -0.39 is 23.8 Å². The molecule has 0 radical (unpaired) electrons. The van der Waals surface area contributed by atoms with Gasteiger partial charge in [-0.3, -0.25) is 4.74 Å². The molecular weight excluding hydrogens is 278 g/mol. The van der Waals surface area contributed by atoms with E-state index in [4.69, 9.17) is 5.73 Å². The average Bonchev–Trinajstić information content (AvgIpc) is 2.81. The maximum Gasteiger partial charge on any atom is 0.347 e. The second-order valence-electron chi connectivity index (χ2n) is 4.25. The lowest BCUT2D eigenvalue weighted by atomic mass is 9.96. The summed E-state index contributed by atoms with van der Waals surface area (Å²) in [6, 6.07) is 3.42. The lowest BCUT2D eigenvalue weighted by Gasteiger charge is -2.31. The van der Waals surface area contributed by atoms with Gasteiger partial charge in [-0.2, -0.15) is 22.7 Å². The molecule has 1 aliphatic heterocycles. The highest BCUT2D eigenvalue weighted by atomic mass is 19.3. The van der Waals surface area contributed by atoms with E-state index in [2.05, 4.69) is 15.0 Å². The van der Waals surface area contributed by atoms with E-state index in [9.17, 15) is 17.6 Å². The van der Waals surface area contributed by atoms with E-state index in [1.165, 1.54) is 13.0 Å². The van der Waals surface area contributed by atoms with Crippen molar-refractivity contribution in [1.29, 1.82) is 0 Å². The molecule has 1 heterocycles. The lowest BCUT2D eigenvalue weighted by molar-refractivity contribution is -0.266. The van der Waals surface area contributed by atoms with Gasteiger partial charge in [-0.1, -0.05) is 6.07 Å². The summed E-state index contributed by atoms with van der Waals surface area (Å²) < 4.78 is 57.8. The second kappa shape index (κ2) is 4.86. The van der Waals surface area contributed by atoms with E-state index in [1.54, 1.807) is 0 Å². The minimum Gasteiger partial charge on any atom is -0.399 e. The van der Waals surface area contributed by atoms with E-state index in [-0.39, 0.29) is 0 Å². The molecule has 0 saturated heterocycles. The fraction of sp³-hybridized carbons (Fsp3) is 0.333. The molecule has 8 heteroatoms. The summed E-state index contributed by atoms with van der Waals surface area (Å²) in [5.74, 6) is -3.82. The Bertz CT molecular complexity index is 560. The van der Waals surface area contributed by atoms with Crippen LogP contribution in [0.2, 0.25) is 0 Å². The third-order valence-corrected chi connectivity index (χ3v) is 2.92. The van der Waals surface area contributed by atoms with Crippen molar-refractivity contribution in [1.82, 2.24) is 0 Å². The molecule has 1 aromatic rings. The number of hydrogen-bond donors (Lipinski definition) is 1. The van der Waals surface area contributed by atoms with Gasteiger partial charge >= 0.3 is 12.5 Å². The molecule has 0 amide bonds. The van der Waals surface area contributed by atoms with Crippen molar-refractivity contribution in [3.63, 3.8) is 0 Å². The van der Waals surface area contributed by atoms with E-state index >= 15 is 0 Å². The van der Waals surface area contributed by atoms with Crippen LogP contribution in [0, 0.1) is 6.92 Å². The van der Waals surface area contributed by atoms with Gasteiger partial charge in [-0.05, 0) is 30.7 Å². The molecule has 0 aliphatic carbocycles. The number of anilines is 1. The zero-order valence-corrected chi connectivity index (χ0v) is 10.4. The first-order valence-electron chi connectivity index (χ1n) is 5.58. The number of nitrogen functional groups attached to an aromatic ring is 1. The molecule has 0 fully saturated rings. The highest BCUT2D eigenvalue weighted by Gasteiger charge is 2.58. The van der Waals surface area contributed by atoms with Crippen LogP contribution in [0.15, 0.2) is 40.7 Å². The van der Waals surface area contributed by atoms with Crippen LogP contribution in [0.5, 0.6) is 0 Å². The average molecular weight is 289 g/mol. The molecule has 0 bridgehead atoms. The first-order chi connectivity index (χ1) is 9.28. The standard InChI is InChI=1S/C12H11F4N3O/c1-7-6-8(2-3-9(7)17)12(15,16)11(20-10(13)14)4-5-18-19-11/h2-6,10H,17H2,1H3. The summed E-state index contributed by atoms with van der Waals surface area (Å²) in [7, 11) is 0. The zero-order chi connectivity index (χ0) is 15.0. The molecule has 20 heavy (non-hydrogen) atoms. The van der Waals surface area contributed by atoms with Gasteiger partial charge < -0.3 is 5.73 Å². The number of ether oxygens (including phenoxy) is 1. The summed E-state index contributed by atoms with van der Waals surface area (Å²) in [5, 5.41) is 6.34. The van der Waals surface area contributed by atoms with Crippen LogP contribution in [0.3, 0.4) is 0 Å². The van der Waals surface area contributed by atoms with Crippen LogP contribution in [0.1, 0.15) is 11.1 Å². The highest BCUT2D eigenvalue weighted by Crippen LogP contribution is 2.46. The van der Waals surface area contributed by atoms with Crippen molar-refractivity contribution in [3.8, 4) is 0 Å². The third kappa shape index (κ3) is 2.26. The topological polar surface area (TPSA) is 60.0 Å². The summed E-state index contributed by atoms with van der Waals surface area (Å²) >= 11 is 0. The van der Waals surface area contributed by atoms with Crippen molar-refractivity contribution < 1.29 is 22.3 Å². The van der Waals surface area contributed by atoms with Crippen LogP contribution < -0.4 is 5.73 Å². The molecule has 2 N–H and O–H groups in total. The Morgan fingerprint density at radius 3 is 2.55 bits per heavy atom. The lowest BCUT2D eigenvalue weighted by Crippen LogP contribution is -2.45. The van der Waals surface area contributed by atoms with Gasteiger partial charge in [0.2, 0.25) is 0 Å². The normalized spacial score (nSPS) is 21.9. The van der Waals surface area contributed by atoms with Crippen molar-refractivity contribution in [2.24, 2.45) is 10.2 Å². The summed E-state index contributed by atoms with van der Waals surface area (Å²) in [5.41, 5.74) is 2.88. The number of aryl methyl sites for hydroxylation is 1. The fourth-order valence-electron chi connectivity index (χ4n) is 1.80. The van der Waals surface area contributed by atoms with Crippen LogP contribution >= 0.6 is 0 Å². The molecule has 108 valence electrons.